The molecule has 0 amide bonds. The molecule has 12 heavy (non-hydrogen) atoms. The lowest BCUT2D eigenvalue weighted by molar-refractivity contribution is 0.745. The molecule has 1 aliphatic rings. The molecular formula is C8H8Cl2N2. The van der Waals surface area contributed by atoms with Gasteiger partial charge in [-0.15, -0.1) is 10.2 Å². The molecule has 1 heterocycles. The zero-order valence-corrected chi connectivity index (χ0v) is 7.65. The zero-order valence-electron chi connectivity index (χ0n) is 9.14. The van der Waals surface area contributed by atoms with Gasteiger partial charge >= 0.3 is 0 Å². The Kier molecular flexibility index (Phi) is 1.29. The number of hydrogen-bond donors (Lipinski definition) is 0. The van der Waals surface area contributed by atoms with Gasteiger partial charge < -0.3 is 0 Å². The molecule has 0 saturated heterocycles. The maximum atomic E-state index is 7.41. The highest BCUT2D eigenvalue weighted by molar-refractivity contribution is 6.32. The van der Waals surface area contributed by atoms with E-state index in [4.69, 9.17) is 27.3 Å². The van der Waals surface area contributed by atoms with Gasteiger partial charge in [0, 0.05) is 9.68 Å². The Morgan fingerprint density at radius 1 is 1.42 bits per heavy atom. The summed E-state index contributed by atoms with van der Waals surface area (Å²) in [7, 11) is 0. The monoisotopic (exact) mass is 205 g/mol. The van der Waals surface area contributed by atoms with Gasteiger partial charge in [-0.1, -0.05) is 30.1 Å². The molecule has 0 spiro atoms. The lowest BCUT2D eigenvalue weighted by Gasteiger charge is -2.05. The molecule has 1 aromatic heterocycles. The maximum Gasteiger partial charge on any atom is 0.155 e. The third kappa shape index (κ3) is 1.10. The van der Waals surface area contributed by atoms with Gasteiger partial charge in [0.1, 0.15) is 0 Å². The van der Waals surface area contributed by atoms with Crippen molar-refractivity contribution in [3.8, 4) is 0 Å². The molecule has 0 aromatic carbocycles. The Bertz CT molecular complexity index is 406. The van der Waals surface area contributed by atoms with Crippen LogP contribution in [0.3, 0.4) is 0 Å². The fourth-order valence-corrected chi connectivity index (χ4v) is 1.98. The van der Waals surface area contributed by atoms with Crippen molar-refractivity contribution in [1.82, 2.24) is 10.2 Å². The number of hydrogen-bond acceptors (Lipinski definition) is 2. The normalized spacial score (nSPS) is 25.8. The van der Waals surface area contributed by atoms with Crippen molar-refractivity contribution in [3.05, 3.63) is 21.4 Å². The average Bonchev–Trinajstić information content (AvgIpc) is 2.55. The third-order valence-electron chi connectivity index (χ3n) is 2.05. The molecule has 4 heteroatoms. The van der Waals surface area contributed by atoms with E-state index in [1.807, 2.05) is 0 Å². The second kappa shape index (κ2) is 2.86. The fourth-order valence-electron chi connectivity index (χ4n) is 1.46. The summed E-state index contributed by atoms with van der Waals surface area (Å²) in [5.74, 6) is -0.562. The summed E-state index contributed by atoms with van der Waals surface area (Å²) in [5, 5.41) is 7.74. The average molecular weight is 206 g/mol. The minimum Gasteiger partial charge on any atom is -0.137 e. The number of halogens is 2. The number of rotatable bonds is 0. The summed E-state index contributed by atoms with van der Waals surface area (Å²) in [4.78, 5) is 0. The first-order valence-corrected chi connectivity index (χ1v) is 4.37. The van der Waals surface area contributed by atoms with E-state index >= 15 is 0 Å². The lowest BCUT2D eigenvalue weighted by Crippen LogP contribution is -1.95. The Balaban J connectivity index is 2.55. The SMILES string of the molecule is [2H]C([2H])([2H])[C@@H]1CCc2c(Cl)nnc(Cl)c21. The Labute approximate surface area is 85.1 Å². The molecular weight excluding hydrogens is 195 g/mol. The van der Waals surface area contributed by atoms with Crippen LogP contribution in [0, 0.1) is 0 Å². The van der Waals surface area contributed by atoms with Crippen molar-refractivity contribution in [2.75, 3.05) is 0 Å². The van der Waals surface area contributed by atoms with Crippen LogP contribution in [0.15, 0.2) is 0 Å². The minimum absolute atomic E-state index is 0.160. The van der Waals surface area contributed by atoms with E-state index in [0.29, 0.717) is 18.4 Å². The van der Waals surface area contributed by atoms with Crippen molar-refractivity contribution in [2.45, 2.75) is 25.6 Å². The van der Waals surface area contributed by atoms with Crippen LogP contribution in [0.5, 0.6) is 0 Å². The number of fused-ring (bicyclic) bond motifs is 1. The van der Waals surface area contributed by atoms with Crippen LogP contribution >= 0.6 is 23.2 Å². The largest absolute Gasteiger partial charge is 0.155 e. The number of aromatic nitrogens is 2. The predicted molar refractivity (Wildman–Crippen MR) is 48.8 cm³/mol. The van der Waals surface area contributed by atoms with Gasteiger partial charge in [0.15, 0.2) is 10.3 Å². The van der Waals surface area contributed by atoms with Gasteiger partial charge in [-0.05, 0) is 24.3 Å². The predicted octanol–water partition coefficient (Wildman–Crippen LogP) is 2.83. The van der Waals surface area contributed by atoms with Gasteiger partial charge in [0.05, 0.1) is 0 Å². The molecule has 2 rings (SSSR count). The van der Waals surface area contributed by atoms with E-state index in [1.54, 1.807) is 0 Å². The standard InChI is InChI=1S/C8H8Cl2N2/c1-4-2-3-5-6(4)8(10)12-11-7(5)9/h4H,2-3H2,1H3/t4-/m1/s1/i1D3. The summed E-state index contributed by atoms with van der Waals surface area (Å²) in [6, 6.07) is 0. The number of nitrogens with zero attached hydrogens (tertiary/aromatic N) is 2. The van der Waals surface area contributed by atoms with Gasteiger partial charge in [0.25, 0.3) is 0 Å². The van der Waals surface area contributed by atoms with E-state index in [1.165, 1.54) is 0 Å². The van der Waals surface area contributed by atoms with Crippen molar-refractivity contribution in [1.29, 1.82) is 0 Å². The summed E-state index contributed by atoms with van der Waals surface area (Å²) < 4.78 is 22.2. The van der Waals surface area contributed by atoms with Crippen molar-refractivity contribution < 1.29 is 4.11 Å². The summed E-state index contributed by atoms with van der Waals surface area (Å²) in [6.07, 6.45) is 1.13. The van der Waals surface area contributed by atoms with Crippen LogP contribution in [-0.4, -0.2) is 10.2 Å². The second-order valence-electron chi connectivity index (χ2n) is 2.77. The van der Waals surface area contributed by atoms with E-state index in [2.05, 4.69) is 10.2 Å². The van der Waals surface area contributed by atoms with E-state index < -0.39 is 12.8 Å². The van der Waals surface area contributed by atoms with Gasteiger partial charge in [0.2, 0.25) is 0 Å². The molecule has 1 aliphatic carbocycles. The molecule has 64 valence electrons. The second-order valence-corrected chi connectivity index (χ2v) is 3.48. The van der Waals surface area contributed by atoms with Gasteiger partial charge in [-0.2, -0.15) is 0 Å². The lowest BCUT2D eigenvalue weighted by atomic mass is 10.1. The molecule has 0 unspecified atom stereocenters. The molecule has 1 atom stereocenters. The molecule has 0 N–H and O–H groups in total. The summed E-state index contributed by atoms with van der Waals surface area (Å²) in [6.45, 7) is -2.05. The Morgan fingerprint density at radius 3 is 2.92 bits per heavy atom. The Hall–Kier alpha value is -0.340. The van der Waals surface area contributed by atoms with Crippen LogP contribution in [0.2, 0.25) is 10.3 Å². The maximum absolute atomic E-state index is 7.41. The molecule has 2 nitrogen and oxygen atoms in total. The molecule has 0 aliphatic heterocycles. The summed E-state index contributed by atoms with van der Waals surface area (Å²) >= 11 is 11.7. The van der Waals surface area contributed by atoms with Crippen LogP contribution in [-0.2, 0) is 6.42 Å². The smallest absolute Gasteiger partial charge is 0.137 e. The van der Waals surface area contributed by atoms with E-state index in [-0.39, 0.29) is 10.3 Å². The molecule has 1 aromatic rings. The van der Waals surface area contributed by atoms with Gasteiger partial charge in [-0.3, -0.25) is 0 Å². The van der Waals surface area contributed by atoms with E-state index in [0.717, 1.165) is 5.56 Å². The fraction of sp³-hybridized carbons (Fsp3) is 0.500. The quantitative estimate of drug-likeness (QED) is 0.652. The van der Waals surface area contributed by atoms with Crippen molar-refractivity contribution in [3.63, 3.8) is 0 Å². The first kappa shape index (κ1) is 5.40. The third-order valence-corrected chi connectivity index (χ3v) is 2.64. The Morgan fingerprint density at radius 2 is 2.17 bits per heavy atom. The first-order chi connectivity index (χ1) is 6.91. The van der Waals surface area contributed by atoms with Gasteiger partial charge in [-0.25, -0.2) is 0 Å². The van der Waals surface area contributed by atoms with Crippen molar-refractivity contribution >= 4 is 23.2 Å². The zero-order chi connectivity index (χ0) is 11.2. The van der Waals surface area contributed by atoms with Crippen LogP contribution in [0.4, 0.5) is 0 Å². The van der Waals surface area contributed by atoms with E-state index in [9.17, 15) is 0 Å². The highest BCUT2D eigenvalue weighted by Gasteiger charge is 2.25. The van der Waals surface area contributed by atoms with Crippen molar-refractivity contribution in [2.24, 2.45) is 0 Å². The first-order valence-electron chi connectivity index (χ1n) is 5.11. The van der Waals surface area contributed by atoms with Crippen LogP contribution in [0.25, 0.3) is 0 Å². The molecule has 0 saturated carbocycles. The molecule has 0 fully saturated rings. The molecule has 0 bridgehead atoms. The van der Waals surface area contributed by atoms with Crippen LogP contribution < -0.4 is 0 Å². The van der Waals surface area contributed by atoms with Crippen LogP contribution in [0.1, 0.15) is 34.4 Å². The summed E-state index contributed by atoms with van der Waals surface area (Å²) in [5.41, 5.74) is 1.29. The topological polar surface area (TPSA) is 25.8 Å². The minimum atomic E-state index is -2.05. The highest BCUT2D eigenvalue weighted by atomic mass is 35.5. The molecule has 0 radical (unpaired) electrons. The highest BCUT2D eigenvalue weighted by Crippen LogP contribution is 2.38.